The smallest absolute Gasteiger partial charge is 0.348 e. The summed E-state index contributed by atoms with van der Waals surface area (Å²) in [4.78, 5) is 24.3. The van der Waals surface area contributed by atoms with Crippen LogP contribution in [0.4, 0.5) is 13.2 Å². The monoisotopic (exact) mass is 306 g/mol. The molecule has 0 aromatic carbocycles. The van der Waals surface area contributed by atoms with Gasteiger partial charge in [0.05, 0.1) is 0 Å². The van der Waals surface area contributed by atoms with E-state index in [2.05, 4.69) is 0 Å². The van der Waals surface area contributed by atoms with Crippen molar-refractivity contribution in [1.82, 2.24) is 10.2 Å². The first-order valence-corrected chi connectivity index (χ1v) is 7.05. The molecule has 1 heterocycles. The molecule has 1 N–H and O–H groups in total. The van der Waals surface area contributed by atoms with Gasteiger partial charge in [-0.15, -0.1) is 0 Å². The van der Waals surface area contributed by atoms with Crippen molar-refractivity contribution in [1.29, 1.82) is 0 Å². The number of nitrogens with zero attached hydrogens (tertiary/aromatic N) is 1. The van der Waals surface area contributed by atoms with E-state index in [4.69, 9.17) is 0 Å². The van der Waals surface area contributed by atoms with Gasteiger partial charge in [0, 0.05) is 25.7 Å². The molecule has 1 fully saturated rings. The van der Waals surface area contributed by atoms with Gasteiger partial charge < -0.3 is 10.2 Å². The Kier molecular flexibility index (Phi) is 6.23. The standard InChI is InChI=1S/C14H21F3N2O2/c1-3-10(2)8-12(20)19-6-4-11(5-7-19)9-18-13(21)14(15,16)17/h8,11H,3-7,9H2,1-2H3,(H,18,21)/b10-8+. The summed E-state index contributed by atoms with van der Waals surface area (Å²) in [7, 11) is 0. The van der Waals surface area contributed by atoms with Gasteiger partial charge in [-0.1, -0.05) is 12.5 Å². The number of rotatable bonds is 4. The van der Waals surface area contributed by atoms with Crippen molar-refractivity contribution in [2.75, 3.05) is 19.6 Å². The van der Waals surface area contributed by atoms with Crippen molar-refractivity contribution in [2.24, 2.45) is 5.92 Å². The molecule has 0 saturated carbocycles. The number of likely N-dealkylation sites (tertiary alicyclic amines) is 1. The second-order valence-electron chi connectivity index (χ2n) is 5.32. The van der Waals surface area contributed by atoms with Crippen molar-refractivity contribution in [3.63, 3.8) is 0 Å². The number of carbonyl (C=O) groups excluding carboxylic acids is 2. The van der Waals surface area contributed by atoms with E-state index < -0.39 is 12.1 Å². The zero-order valence-electron chi connectivity index (χ0n) is 12.3. The summed E-state index contributed by atoms with van der Waals surface area (Å²) >= 11 is 0. The minimum absolute atomic E-state index is 0.00417. The van der Waals surface area contributed by atoms with Crippen LogP contribution in [0.3, 0.4) is 0 Å². The van der Waals surface area contributed by atoms with E-state index in [0.29, 0.717) is 25.9 Å². The Hall–Kier alpha value is -1.53. The van der Waals surface area contributed by atoms with Crippen molar-refractivity contribution >= 4 is 11.8 Å². The lowest BCUT2D eigenvalue weighted by atomic mass is 9.96. The van der Waals surface area contributed by atoms with Gasteiger partial charge in [-0.25, -0.2) is 0 Å². The Labute approximate surface area is 122 Å². The predicted octanol–water partition coefficient (Wildman–Crippen LogP) is 2.26. The van der Waals surface area contributed by atoms with Crippen LogP contribution in [-0.2, 0) is 9.59 Å². The number of hydrogen-bond donors (Lipinski definition) is 1. The lowest BCUT2D eigenvalue weighted by molar-refractivity contribution is -0.173. The molecule has 4 nitrogen and oxygen atoms in total. The first kappa shape index (κ1) is 17.5. The van der Waals surface area contributed by atoms with Gasteiger partial charge in [0.1, 0.15) is 0 Å². The molecule has 1 saturated heterocycles. The molecular weight excluding hydrogens is 285 g/mol. The fraction of sp³-hybridized carbons (Fsp3) is 0.714. The van der Waals surface area contributed by atoms with Gasteiger partial charge in [0.2, 0.25) is 5.91 Å². The SMILES string of the molecule is CC/C(C)=C/C(=O)N1CCC(CNC(=O)C(F)(F)F)CC1. The van der Waals surface area contributed by atoms with Crippen LogP contribution in [0.2, 0.25) is 0 Å². The van der Waals surface area contributed by atoms with Crippen molar-refractivity contribution in [3.05, 3.63) is 11.6 Å². The number of allylic oxidation sites excluding steroid dienone is 1. The Morgan fingerprint density at radius 3 is 2.33 bits per heavy atom. The summed E-state index contributed by atoms with van der Waals surface area (Å²) in [5, 5.41) is 1.90. The van der Waals surface area contributed by atoms with Gasteiger partial charge in [0.25, 0.3) is 0 Å². The minimum Gasteiger partial charge on any atom is -0.348 e. The van der Waals surface area contributed by atoms with Crippen LogP contribution in [0.5, 0.6) is 0 Å². The second kappa shape index (κ2) is 7.47. The Bertz CT molecular complexity index is 411. The van der Waals surface area contributed by atoms with Gasteiger partial charge in [0.15, 0.2) is 0 Å². The van der Waals surface area contributed by atoms with Crippen LogP contribution in [0.15, 0.2) is 11.6 Å². The molecule has 0 unspecified atom stereocenters. The van der Waals surface area contributed by atoms with E-state index in [1.807, 2.05) is 19.2 Å². The van der Waals surface area contributed by atoms with Crippen molar-refractivity contribution in [2.45, 2.75) is 39.3 Å². The maximum Gasteiger partial charge on any atom is 0.471 e. The van der Waals surface area contributed by atoms with Crippen LogP contribution in [0, 0.1) is 5.92 Å². The van der Waals surface area contributed by atoms with Crippen LogP contribution in [0.1, 0.15) is 33.1 Å². The van der Waals surface area contributed by atoms with Gasteiger partial charge in [-0.2, -0.15) is 13.2 Å². The maximum absolute atomic E-state index is 12.1. The zero-order valence-corrected chi connectivity index (χ0v) is 12.3. The highest BCUT2D eigenvalue weighted by Crippen LogP contribution is 2.19. The highest BCUT2D eigenvalue weighted by Gasteiger charge is 2.38. The molecular formula is C14H21F3N2O2. The number of halogens is 3. The lowest BCUT2D eigenvalue weighted by Gasteiger charge is -2.31. The molecule has 0 atom stereocenters. The normalized spacial score (nSPS) is 17.8. The van der Waals surface area contributed by atoms with Crippen LogP contribution in [0.25, 0.3) is 0 Å². The average molecular weight is 306 g/mol. The zero-order chi connectivity index (χ0) is 16.0. The number of piperidine rings is 1. The van der Waals surface area contributed by atoms with Crippen LogP contribution in [-0.4, -0.2) is 42.5 Å². The third-order valence-corrected chi connectivity index (χ3v) is 3.66. The van der Waals surface area contributed by atoms with E-state index in [9.17, 15) is 22.8 Å². The Morgan fingerprint density at radius 2 is 1.86 bits per heavy atom. The summed E-state index contributed by atoms with van der Waals surface area (Å²) in [6.07, 6.45) is -1.22. The number of amides is 2. The van der Waals surface area contributed by atoms with Gasteiger partial charge >= 0.3 is 12.1 Å². The summed E-state index contributed by atoms with van der Waals surface area (Å²) in [5.41, 5.74) is 1.000. The first-order valence-electron chi connectivity index (χ1n) is 7.05. The highest BCUT2D eigenvalue weighted by molar-refractivity contribution is 5.88. The molecule has 0 aromatic rings. The van der Waals surface area contributed by atoms with Gasteiger partial charge in [-0.05, 0) is 32.1 Å². The fourth-order valence-corrected chi connectivity index (χ4v) is 2.10. The third kappa shape index (κ3) is 5.77. The summed E-state index contributed by atoms with van der Waals surface area (Å²) in [5.74, 6) is -1.97. The highest BCUT2D eigenvalue weighted by atomic mass is 19.4. The molecule has 1 aliphatic rings. The largest absolute Gasteiger partial charge is 0.471 e. The van der Waals surface area contributed by atoms with E-state index in [0.717, 1.165) is 12.0 Å². The molecule has 1 aliphatic heterocycles. The summed E-state index contributed by atoms with van der Waals surface area (Å²) < 4.78 is 36.2. The Balaban J connectivity index is 2.36. The minimum atomic E-state index is -4.83. The molecule has 21 heavy (non-hydrogen) atoms. The number of carbonyl (C=O) groups is 2. The average Bonchev–Trinajstić information content (AvgIpc) is 2.43. The molecule has 0 aromatic heterocycles. The number of alkyl halides is 3. The second-order valence-corrected chi connectivity index (χ2v) is 5.32. The summed E-state index contributed by atoms with van der Waals surface area (Å²) in [6.45, 7) is 4.88. The van der Waals surface area contributed by atoms with Crippen LogP contribution >= 0.6 is 0 Å². The molecule has 2 amide bonds. The molecule has 7 heteroatoms. The van der Waals surface area contributed by atoms with E-state index >= 15 is 0 Å². The molecule has 120 valence electrons. The van der Waals surface area contributed by atoms with Crippen molar-refractivity contribution < 1.29 is 22.8 Å². The number of hydrogen-bond acceptors (Lipinski definition) is 2. The fourth-order valence-electron chi connectivity index (χ4n) is 2.10. The molecule has 0 spiro atoms. The van der Waals surface area contributed by atoms with E-state index in [1.54, 1.807) is 11.0 Å². The van der Waals surface area contributed by atoms with Crippen LogP contribution < -0.4 is 5.32 Å². The third-order valence-electron chi connectivity index (χ3n) is 3.66. The first-order chi connectivity index (χ1) is 9.74. The van der Waals surface area contributed by atoms with Gasteiger partial charge in [-0.3, -0.25) is 9.59 Å². The number of nitrogens with one attached hydrogen (secondary N) is 1. The Morgan fingerprint density at radius 1 is 1.29 bits per heavy atom. The predicted molar refractivity (Wildman–Crippen MR) is 72.4 cm³/mol. The van der Waals surface area contributed by atoms with E-state index in [1.165, 1.54) is 0 Å². The lowest BCUT2D eigenvalue weighted by Crippen LogP contribution is -2.43. The summed E-state index contributed by atoms with van der Waals surface area (Å²) in [6, 6.07) is 0. The van der Waals surface area contributed by atoms with Crippen molar-refractivity contribution in [3.8, 4) is 0 Å². The maximum atomic E-state index is 12.1. The molecule has 0 radical (unpaired) electrons. The molecule has 0 bridgehead atoms. The molecule has 1 rings (SSSR count). The quantitative estimate of drug-likeness (QED) is 0.810. The topological polar surface area (TPSA) is 49.4 Å². The molecule has 0 aliphatic carbocycles. The van der Waals surface area contributed by atoms with E-state index in [-0.39, 0.29) is 18.4 Å².